The van der Waals surface area contributed by atoms with Crippen LogP contribution in [0.2, 0.25) is 0 Å². The quantitative estimate of drug-likeness (QED) is 0.929. The van der Waals surface area contributed by atoms with Crippen LogP contribution in [0.5, 0.6) is 11.5 Å². The fraction of sp³-hybridized carbons (Fsp3) is 0.333. The van der Waals surface area contributed by atoms with E-state index in [9.17, 15) is 0 Å². The maximum Gasteiger partial charge on any atom is 0.161 e. The van der Waals surface area contributed by atoms with Crippen LogP contribution in [0.25, 0.3) is 0 Å². The number of ether oxygens (including phenoxy) is 2. The summed E-state index contributed by atoms with van der Waals surface area (Å²) in [6, 6.07) is 8.57. The van der Waals surface area contributed by atoms with Gasteiger partial charge in [0.2, 0.25) is 0 Å². The van der Waals surface area contributed by atoms with Crippen molar-refractivity contribution in [3.8, 4) is 11.5 Å². The zero-order valence-corrected chi connectivity index (χ0v) is 11.7. The van der Waals surface area contributed by atoms with Gasteiger partial charge in [0.05, 0.1) is 6.04 Å². The van der Waals surface area contributed by atoms with Crippen molar-refractivity contribution in [2.45, 2.75) is 13.0 Å². The standard InChI is InChI=1S/C15H17NO2S/c1-2-16-15(12-5-8-19-10-12)11-3-4-13-14(9-11)18-7-6-17-13/h3-5,8-10,15-16H,2,6-7H2,1H3. The van der Waals surface area contributed by atoms with Gasteiger partial charge in [0.25, 0.3) is 0 Å². The average molecular weight is 275 g/mol. The molecule has 0 saturated heterocycles. The summed E-state index contributed by atoms with van der Waals surface area (Å²) in [7, 11) is 0. The molecule has 1 atom stereocenters. The molecule has 3 nitrogen and oxygen atoms in total. The van der Waals surface area contributed by atoms with E-state index < -0.39 is 0 Å². The number of thiophene rings is 1. The van der Waals surface area contributed by atoms with E-state index >= 15 is 0 Å². The Morgan fingerprint density at radius 3 is 2.74 bits per heavy atom. The molecule has 0 bridgehead atoms. The average Bonchev–Trinajstić information content (AvgIpc) is 2.98. The topological polar surface area (TPSA) is 30.5 Å². The molecule has 2 aromatic rings. The number of fused-ring (bicyclic) bond motifs is 1. The predicted molar refractivity (Wildman–Crippen MR) is 77.3 cm³/mol. The summed E-state index contributed by atoms with van der Waals surface area (Å²) in [5.74, 6) is 1.69. The van der Waals surface area contributed by atoms with Gasteiger partial charge >= 0.3 is 0 Å². The highest BCUT2D eigenvalue weighted by Gasteiger charge is 2.18. The Morgan fingerprint density at radius 2 is 2.00 bits per heavy atom. The van der Waals surface area contributed by atoms with Gasteiger partial charge in [-0.3, -0.25) is 0 Å². The lowest BCUT2D eigenvalue weighted by atomic mass is 10.0. The molecule has 1 N–H and O–H groups in total. The fourth-order valence-electron chi connectivity index (χ4n) is 2.31. The number of hydrogen-bond acceptors (Lipinski definition) is 4. The van der Waals surface area contributed by atoms with E-state index in [-0.39, 0.29) is 6.04 Å². The second kappa shape index (κ2) is 5.63. The zero-order chi connectivity index (χ0) is 13.1. The molecule has 0 spiro atoms. The first-order valence-corrected chi connectivity index (χ1v) is 7.48. The molecule has 0 amide bonds. The molecule has 0 fully saturated rings. The van der Waals surface area contributed by atoms with Gasteiger partial charge in [-0.25, -0.2) is 0 Å². The number of benzene rings is 1. The highest BCUT2D eigenvalue weighted by Crippen LogP contribution is 2.34. The lowest BCUT2D eigenvalue weighted by molar-refractivity contribution is 0.171. The van der Waals surface area contributed by atoms with Crippen molar-refractivity contribution in [3.63, 3.8) is 0 Å². The number of hydrogen-bond donors (Lipinski definition) is 1. The highest BCUT2D eigenvalue weighted by atomic mass is 32.1. The molecule has 0 aliphatic carbocycles. The molecule has 2 heterocycles. The fourth-order valence-corrected chi connectivity index (χ4v) is 3.00. The van der Waals surface area contributed by atoms with Crippen LogP contribution in [0.1, 0.15) is 24.1 Å². The zero-order valence-electron chi connectivity index (χ0n) is 10.9. The Kier molecular flexibility index (Phi) is 3.71. The first kappa shape index (κ1) is 12.5. The minimum absolute atomic E-state index is 0.215. The van der Waals surface area contributed by atoms with Crippen molar-refractivity contribution >= 4 is 11.3 Å². The maximum absolute atomic E-state index is 5.66. The van der Waals surface area contributed by atoms with Crippen molar-refractivity contribution in [1.29, 1.82) is 0 Å². The van der Waals surface area contributed by atoms with E-state index in [1.807, 2.05) is 6.07 Å². The second-order valence-electron chi connectivity index (χ2n) is 4.45. The molecule has 0 radical (unpaired) electrons. The van der Waals surface area contributed by atoms with E-state index in [0.717, 1.165) is 18.0 Å². The normalized spacial score (nSPS) is 15.2. The minimum Gasteiger partial charge on any atom is -0.486 e. The summed E-state index contributed by atoms with van der Waals surface area (Å²) in [5.41, 5.74) is 2.51. The summed E-state index contributed by atoms with van der Waals surface area (Å²) in [4.78, 5) is 0. The van der Waals surface area contributed by atoms with Gasteiger partial charge in [0.15, 0.2) is 11.5 Å². The van der Waals surface area contributed by atoms with Crippen LogP contribution >= 0.6 is 11.3 Å². The van der Waals surface area contributed by atoms with Gasteiger partial charge in [-0.1, -0.05) is 13.0 Å². The van der Waals surface area contributed by atoms with Gasteiger partial charge in [0, 0.05) is 0 Å². The van der Waals surface area contributed by atoms with Gasteiger partial charge in [-0.15, -0.1) is 0 Å². The van der Waals surface area contributed by atoms with Gasteiger partial charge < -0.3 is 14.8 Å². The lowest BCUT2D eigenvalue weighted by Crippen LogP contribution is -2.22. The molecule has 1 aliphatic heterocycles. The van der Waals surface area contributed by atoms with E-state index in [2.05, 4.69) is 41.2 Å². The van der Waals surface area contributed by atoms with Crippen LogP contribution < -0.4 is 14.8 Å². The maximum atomic E-state index is 5.66. The molecule has 1 unspecified atom stereocenters. The molecular formula is C15H17NO2S. The monoisotopic (exact) mass is 275 g/mol. The Balaban J connectivity index is 1.94. The highest BCUT2D eigenvalue weighted by molar-refractivity contribution is 7.08. The van der Waals surface area contributed by atoms with Crippen molar-refractivity contribution in [2.75, 3.05) is 19.8 Å². The Labute approximate surface area is 117 Å². The molecule has 1 aromatic carbocycles. The third-order valence-electron chi connectivity index (χ3n) is 3.18. The summed E-state index contributed by atoms with van der Waals surface area (Å²) < 4.78 is 11.2. The van der Waals surface area contributed by atoms with Crippen LogP contribution in [0, 0.1) is 0 Å². The van der Waals surface area contributed by atoms with Gasteiger partial charge in [-0.05, 0) is 46.6 Å². The van der Waals surface area contributed by atoms with E-state index in [4.69, 9.17) is 9.47 Å². The van der Waals surface area contributed by atoms with Crippen LogP contribution in [0.4, 0.5) is 0 Å². The van der Waals surface area contributed by atoms with E-state index in [1.54, 1.807) is 11.3 Å². The van der Waals surface area contributed by atoms with E-state index in [1.165, 1.54) is 11.1 Å². The molecule has 3 rings (SSSR count). The van der Waals surface area contributed by atoms with Gasteiger partial charge in [0.1, 0.15) is 13.2 Å². The molecule has 1 aliphatic rings. The number of rotatable bonds is 4. The molecule has 100 valence electrons. The molecule has 1 aromatic heterocycles. The third-order valence-corrected chi connectivity index (χ3v) is 3.89. The molecule has 19 heavy (non-hydrogen) atoms. The van der Waals surface area contributed by atoms with Crippen molar-refractivity contribution < 1.29 is 9.47 Å². The summed E-state index contributed by atoms with van der Waals surface area (Å²) >= 11 is 1.72. The molecule has 0 saturated carbocycles. The van der Waals surface area contributed by atoms with Crippen molar-refractivity contribution in [3.05, 3.63) is 46.2 Å². The summed E-state index contributed by atoms with van der Waals surface area (Å²) in [6.45, 7) is 4.31. The number of nitrogens with one attached hydrogen (secondary N) is 1. The van der Waals surface area contributed by atoms with Crippen molar-refractivity contribution in [1.82, 2.24) is 5.32 Å². The Morgan fingerprint density at radius 1 is 1.16 bits per heavy atom. The summed E-state index contributed by atoms with van der Waals surface area (Å²) in [5, 5.41) is 7.81. The molecule has 4 heteroatoms. The smallest absolute Gasteiger partial charge is 0.161 e. The largest absolute Gasteiger partial charge is 0.486 e. The van der Waals surface area contributed by atoms with Crippen molar-refractivity contribution in [2.24, 2.45) is 0 Å². The predicted octanol–water partition coefficient (Wildman–Crippen LogP) is 3.22. The first-order valence-electron chi connectivity index (χ1n) is 6.53. The second-order valence-corrected chi connectivity index (χ2v) is 5.23. The first-order chi connectivity index (χ1) is 9.38. The Hall–Kier alpha value is -1.52. The Bertz CT molecular complexity index is 539. The van der Waals surface area contributed by atoms with Crippen LogP contribution in [-0.2, 0) is 0 Å². The SMILES string of the molecule is CCNC(c1ccsc1)c1ccc2c(c1)OCCO2. The van der Waals surface area contributed by atoms with Gasteiger partial charge in [-0.2, -0.15) is 11.3 Å². The third kappa shape index (κ3) is 2.60. The lowest BCUT2D eigenvalue weighted by Gasteiger charge is -2.22. The van der Waals surface area contributed by atoms with Crippen LogP contribution in [0.3, 0.4) is 0 Å². The van der Waals surface area contributed by atoms with Crippen LogP contribution in [0.15, 0.2) is 35.0 Å². The minimum atomic E-state index is 0.215. The van der Waals surface area contributed by atoms with E-state index in [0.29, 0.717) is 13.2 Å². The summed E-state index contributed by atoms with van der Waals surface area (Å²) in [6.07, 6.45) is 0. The van der Waals surface area contributed by atoms with Crippen LogP contribution in [-0.4, -0.2) is 19.8 Å². The molecular weight excluding hydrogens is 258 g/mol.